The lowest BCUT2D eigenvalue weighted by molar-refractivity contribution is 0.548. The van der Waals surface area contributed by atoms with Crippen LogP contribution in [0.1, 0.15) is 11.3 Å². The highest BCUT2D eigenvalue weighted by Crippen LogP contribution is 2.21. The number of hydrogen-bond donors (Lipinski definition) is 0. The molecule has 0 aliphatic heterocycles. The summed E-state index contributed by atoms with van der Waals surface area (Å²) in [6.07, 6.45) is 0. The highest BCUT2D eigenvalue weighted by atomic mass is 16.3. The summed E-state index contributed by atoms with van der Waals surface area (Å²) in [6.45, 7) is 3.97. The molecule has 0 amide bonds. The molecule has 0 N–H and O–H groups in total. The molecule has 65 valence electrons. The smallest absolute Gasteiger partial charge is 0.134 e. The van der Waals surface area contributed by atoms with Crippen molar-refractivity contribution in [2.75, 3.05) is 0 Å². The number of hydrogen-bond acceptors (Lipinski definition) is 1. The molecule has 0 atom stereocenters. The van der Waals surface area contributed by atoms with Crippen LogP contribution in [0.4, 0.5) is 0 Å². The quantitative estimate of drug-likeness (QED) is 0.641. The molecule has 2 aromatic rings. The molecule has 1 aromatic carbocycles. The van der Waals surface area contributed by atoms with E-state index in [9.17, 15) is 0 Å². The van der Waals surface area contributed by atoms with Gasteiger partial charge in [-0.3, -0.25) is 0 Å². The first-order chi connectivity index (χ1) is 6.25. The van der Waals surface area contributed by atoms with Crippen LogP contribution in [0.3, 0.4) is 0 Å². The molecular formula is C12H11O. The average Bonchev–Trinajstić information content (AvgIpc) is 2.53. The van der Waals surface area contributed by atoms with Crippen LogP contribution >= 0.6 is 0 Å². The third-order valence-corrected chi connectivity index (χ3v) is 1.99. The van der Waals surface area contributed by atoms with E-state index in [-0.39, 0.29) is 0 Å². The van der Waals surface area contributed by atoms with E-state index in [0.717, 1.165) is 22.6 Å². The number of rotatable bonds is 1. The molecule has 1 nitrogen and oxygen atoms in total. The number of benzene rings is 1. The fourth-order valence-electron chi connectivity index (χ4n) is 1.25. The van der Waals surface area contributed by atoms with Gasteiger partial charge in [0, 0.05) is 5.56 Å². The summed E-state index contributed by atoms with van der Waals surface area (Å²) in [5.41, 5.74) is 2.23. The zero-order valence-electron chi connectivity index (χ0n) is 7.79. The molecule has 0 unspecified atom stereocenters. The lowest BCUT2D eigenvalue weighted by Crippen LogP contribution is -1.74. The zero-order valence-corrected chi connectivity index (χ0v) is 7.79. The predicted molar refractivity (Wildman–Crippen MR) is 52.5 cm³/mol. The highest BCUT2D eigenvalue weighted by molar-refractivity contribution is 5.57. The Labute approximate surface area is 78.0 Å². The summed E-state index contributed by atoms with van der Waals surface area (Å²) in [6, 6.07) is 13.1. The van der Waals surface area contributed by atoms with Gasteiger partial charge in [-0.2, -0.15) is 0 Å². The molecule has 1 aromatic heterocycles. The summed E-state index contributed by atoms with van der Waals surface area (Å²) >= 11 is 0. The maximum atomic E-state index is 5.49. The SMILES string of the molecule is Cc1[c]cc(-c2ccc(C)o2)cc1. The van der Waals surface area contributed by atoms with Crippen molar-refractivity contribution in [2.45, 2.75) is 13.8 Å². The molecule has 2 rings (SSSR count). The molecule has 1 heteroatoms. The highest BCUT2D eigenvalue weighted by Gasteiger charge is 2.00. The second-order valence-electron chi connectivity index (χ2n) is 3.17. The number of aryl methyl sites for hydroxylation is 2. The van der Waals surface area contributed by atoms with Gasteiger partial charge in [0.15, 0.2) is 0 Å². The molecule has 0 saturated heterocycles. The van der Waals surface area contributed by atoms with Crippen molar-refractivity contribution in [1.29, 1.82) is 0 Å². The standard InChI is InChI=1S/C12H11O/c1-9-3-6-11(7-4-9)12-8-5-10(2)13-12/h3,5-8H,1-2H3. The largest absolute Gasteiger partial charge is 0.461 e. The Kier molecular flexibility index (Phi) is 1.93. The van der Waals surface area contributed by atoms with Crippen LogP contribution < -0.4 is 0 Å². The van der Waals surface area contributed by atoms with Crippen molar-refractivity contribution in [3.05, 3.63) is 47.7 Å². The molecule has 0 aliphatic rings. The van der Waals surface area contributed by atoms with Crippen LogP contribution in [0.5, 0.6) is 0 Å². The van der Waals surface area contributed by atoms with Crippen molar-refractivity contribution < 1.29 is 4.42 Å². The van der Waals surface area contributed by atoms with Gasteiger partial charge in [-0.15, -0.1) is 0 Å². The summed E-state index contributed by atoms with van der Waals surface area (Å²) in [5, 5.41) is 0. The Balaban J connectivity index is 2.41. The van der Waals surface area contributed by atoms with E-state index < -0.39 is 0 Å². The van der Waals surface area contributed by atoms with Gasteiger partial charge in [-0.05, 0) is 43.7 Å². The average molecular weight is 171 g/mol. The van der Waals surface area contributed by atoms with Crippen LogP contribution in [-0.4, -0.2) is 0 Å². The topological polar surface area (TPSA) is 13.1 Å². The van der Waals surface area contributed by atoms with Crippen LogP contribution in [0.15, 0.2) is 34.7 Å². The third-order valence-electron chi connectivity index (χ3n) is 1.99. The second kappa shape index (κ2) is 3.09. The fourth-order valence-corrected chi connectivity index (χ4v) is 1.25. The van der Waals surface area contributed by atoms with Gasteiger partial charge < -0.3 is 4.42 Å². The minimum atomic E-state index is 0.911. The normalized spacial score (nSPS) is 10.3. The van der Waals surface area contributed by atoms with Gasteiger partial charge in [0.05, 0.1) is 0 Å². The minimum absolute atomic E-state index is 0.911. The molecule has 0 fully saturated rings. The van der Waals surface area contributed by atoms with Crippen LogP contribution in [0.25, 0.3) is 11.3 Å². The van der Waals surface area contributed by atoms with Crippen molar-refractivity contribution in [3.63, 3.8) is 0 Å². The van der Waals surface area contributed by atoms with Gasteiger partial charge in [-0.1, -0.05) is 12.1 Å². The summed E-state index contributed by atoms with van der Waals surface area (Å²) in [4.78, 5) is 0. The van der Waals surface area contributed by atoms with E-state index >= 15 is 0 Å². The van der Waals surface area contributed by atoms with Gasteiger partial charge in [0.1, 0.15) is 11.5 Å². The van der Waals surface area contributed by atoms with Crippen molar-refractivity contribution >= 4 is 0 Å². The van der Waals surface area contributed by atoms with Crippen LogP contribution in [-0.2, 0) is 0 Å². The second-order valence-corrected chi connectivity index (χ2v) is 3.17. The summed E-state index contributed by atoms with van der Waals surface area (Å²) < 4.78 is 5.49. The summed E-state index contributed by atoms with van der Waals surface area (Å²) in [5.74, 6) is 1.85. The van der Waals surface area contributed by atoms with Crippen molar-refractivity contribution in [1.82, 2.24) is 0 Å². The van der Waals surface area contributed by atoms with Crippen LogP contribution in [0, 0.1) is 19.9 Å². The maximum Gasteiger partial charge on any atom is 0.134 e. The van der Waals surface area contributed by atoms with Crippen LogP contribution in [0.2, 0.25) is 0 Å². The van der Waals surface area contributed by atoms with E-state index in [2.05, 4.69) is 6.07 Å². The van der Waals surface area contributed by atoms with Crippen molar-refractivity contribution in [2.24, 2.45) is 0 Å². The molecule has 0 aliphatic carbocycles. The van der Waals surface area contributed by atoms with E-state index in [1.54, 1.807) is 0 Å². The van der Waals surface area contributed by atoms with E-state index in [1.807, 2.05) is 44.2 Å². The first kappa shape index (κ1) is 8.11. The monoisotopic (exact) mass is 171 g/mol. The Hall–Kier alpha value is -1.50. The minimum Gasteiger partial charge on any atom is -0.461 e. The molecule has 0 bridgehead atoms. The first-order valence-corrected chi connectivity index (χ1v) is 4.31. The maximum absolute atomic E-state index is 5.49. The molecule has 0 saturated carbocycles. The zero-order chi connectivity index (χ0) is 9.26. The molecule has 1 radical (unpaired) electrons. The van der Waals surface area contributed by atoms with E-state index in [0.29, 0.717) is 0 Å². The van der Waals surface area contributed by atoms with Gasteiger partial charge in [-0.25, -0.2) is 0 Å². The summed E-state index contributed by atoms with van der Waals surface area (Å²) in [7, 11) is 0. The number of furan rings is 1. The van der Waals surface area contributed by atoms with E-state index in [4.69, 9.17) is 4.42 Å². The molecule has 1 heterocycles. The molecule has 0 spiro atoms. The first-order valence-electron chi connectivity index (χ1n) is 4.31. The lowest BCUT2D eigenvalue weighted by Gasteiger charge is -1.96. The van der Waals surface area contributed by atoms with E-state index in [1.165, 1.54) is 0 Å². The Morgan fingerprint density at radius 3 is 2.46 bits per heavy atom. The van der Waals surface area contributed by atoms with Gasteiger partial charge in [0.25, 0.3) is 0 Å². The van der Waals surface area contributed by atoms with Gasteiger partial charge >= 0.3 is 0 Å². The fraction of sp³-hybridized carbons (Fsp3) is 0.167. The Morgan fingerprint density at radius 1 is 1.08 bits per heavy atom. The molecule has 13 heavy (non-hydrogen) atoms. The van der Waals surface area contributed by atoms with Gasteiger partial charge in [0.2, 0.25) is 0 Å². The lowest BCUT2D eigenvalue weighted by atomic mass is 10.1. The Morgan fingerprint density at radius 2 is 1.92 bits per heavy atom. The predicted octanol–water partition coefficient (Wildman–Crippen LogP) is 3.36. The van der Waals surface area contributed by atoms with Crippen molar-refractivity contribution in [3.8, 4) is 11.3 Å². The molecular weight excluding hydrogens is 160 g/mol. The third kappa shape index (κ3) is 1.64. The Bertz CT molecular complexity index is 395.